The van der Waals surface area contributed by atoms with Crippen LogP contribution >= 0.6 is 23.2 Å². The van der Waals surface area contributed by atoms with Crippen molar-refractivity contribution < 1.29 is 19.1 Å². The van der Waals surface area contributed by atoms with E-state index in [1.54, 1.807) is 48.0 Å². The number of carbonyl (C=O) groups excluding carboxylic acids is 2. The zero-order valence-corrected chi connectivity index (χ0v) is 22.1. The Kier molecular flexibility index (Phi) is 7.23. The quantitative estimate of drug-likeness (QED) is 0.222. The normalized spacial score (nSPS) is 15.9. The summed E-state index contributed by atoms with van der Waals surface area (Å²) in [4.78, 5) is 38.7. The van der Waals surface area contributed by atoms with Crippen LogP contribution in [0, 0.1) is 0 Å². The van der Waals surface area contributed by atoms with Crippen LogP contribution in [0.4, 0.5) is 0 Å². The summed E-state index contributed by atoms with van der Waals surface area (Å²) in [6.07, 6.45) is 2.11. The molecule has 1 aliphatic rings. The van der Waals surface area contributed by atoms with Crippen molar-refractivity contribution in [2.24, 2.45) is 14.1 Å². The van der Waals surface area contributed by atoms with E-state index in [-0.39, 0.29) is 36.4 Å². The van der Waals surface area contributed by atoms with Crippen molar-refractivity contribution in [1.29, 1.82) is 0 Å². The van der Waals surface area contributed by atoms with Crippen LogP contribution in [0.25, 0.3) is 33.1 Å². The van der Waals surface area contributed by atoms with Gasteiger partial charge in [-0.05, 0) is 55.7 Å². The molecule has 1 saturated heterocycles. The molecule has 0 radical (unpaired) electrons. The van der Waals surface area contributed by atoms with Gasteiger partial charge in [0.15, 0.2) is 17.9 Å². The average molecular weight is 541 g/mol. The van der Waals surface area contributed by atoms with Gasteiger partial charge in [-0.3, -0.25) is 19.0 Å². The van der Waals surface area contributed by atoms with Gasteiger partial charge in [0.25, 0.3) is 5.56 Å². The van der Waals surface area contributed by atoms with Gasteiger partial charge in [0.1, 0.15) is 12.3 Å². The number of hydrogen-bond acceptors (Lipinski definition) is 5. The van der Waals surface area contributed by atoms with Gasteiger partial charge in [-0.25, -0.2) is 0 Å². The number of aromatic nitrogens is 2. The molecule has 0 bridgehead atoms. The Balaban J connectivity index is 1.49. The van der Waals surface area contributed by atoms with Crippen molar-refractivity contribution in [1.82, 2.24) is 9.13 Å². The van der Waals surface area contributed by atoms with Crippen LogP contribution in [0.15, 0.2) is 47.3 Å². The maximum atomic E-state index is 13.3. The van der Waals surface area contributed by atoms with Gasteiger partial charge >= 0.3 is 0 Å². The smallest absolute Gasteiger partial charge is 0.259 e. The maximum Gasteiger partial charge on any atom is 0.259 e. The number of fused-ring (bicyclic) bond motifs is 3. The number of rotatable bonds is 7. The van der Waals surface area contributed by atoms with Gasteiger partial charge < -0.3 is 14.0 Å². The minimum Gasteiger partial charge on any atom is -0.353 e. The molecule has 5 rings (SSSR count). The maximum absolute atomic E-state index is 13.3. The zero-order valence-electron chi connectivity index (χ0n) is 20.6. The van der Waals surface area contributed by atoms with Crippen molar-refractivity contribution in [3.05, 3.63) is 68.4 Å². The summed E-state index contributed by atoms with van der Waals surface area (Å²) in [6.45, 7) is 0.473. The first kappa shape index (κ1) is 25.7. The third-order valence-electron chi connectivity index (χ3n) is 6.82. The minimum atomic E-state index is -0.380. The number of aryl methyl sites for hydroxylation is 2. The van der Waals surface area contributed by atoms with Crippen molar-refractivity contribution >= 4 is 56.7 Å². The number of benzene rings is 2. The molecule has 37 heavy (non-hydrogen) atoms. The lowest BCUT2D eigenvalue weighted by molar-refractivity contribution is -0.168. The molecule has 7 nitrogen and oxygen atoms in total. The lowest BCUT2D eigenvalue weighted by Gasteiger charge is -2.22. The summed E-state index contributed by atoms with van der Waals surface area (Å²) < 4.78 is 14.5. The monoisotopic (exact) mass is 540 g/mol. The molecule has 1 atom stereocenters. The van der Waals surface area contributed by atoms with E-state index in [9.17, 15) is 14.4 Å². The molecule has 192 valence electrons. The minimum absolute atomic E-state index is 0.153. The third-order valence-corrected chi connectivity index (χ3v) is 7.37. The highest BCUT2D eigenvalue weighted by Gasteiger charge is 2.21. The molecular formula is C28H26Cl2N2O5. The standard InChI is InChI=1S/C28H26Cl2N2O5/c1-31-24-9-6-16(25(34)13-18(33)15-37-26-5-3-4-10-36-26)11-20(24)21-14-22(28(35)32(2)27(21)31)19-8-7-17(29)12-23(19)30/h6-9,11-12,14,26H,3-5,10,13,15H2,1-2H3. The van der Waals surface area contributed by atoms with Gasteiger partial charge in [0.05, 0.1) is 17.0 Å². The highest BCUT2D eigenvalue weighted by Crippen LogP contribution is 2.34. The second-order valence-corrected chi connectivity index (χ2v) is 10.2. The number of ketones is 2. The van der Waals surface area contributed by atoms with E-state index in [1.807, 2.05) is 17.7 Å². The Morgan fingerprint density at radius 3 is 2.54 bits per heavy atom. The molecule has 2 aromatic heterocycles. The number of halogens is 2. The van der Waals surface area contributed by atoms with Crippen LogP contribution in [0.2, 0.25) is 10.0 Å². The van der Waals surface area contributed by atoms with Crippen molar-refractivity contribution in [2.75, 3.05) is 13.2 Å². The summed E-state index contributed by atoms with van der Waals surface area (Å²) in [5.41, 5.74) is 2.78. The van der Waals surface area contributed by atoms with Crippen LogP contribution < -0.4 is 5.56 Å². The van der Waals surface area contributed by atoms with Crippen LogP contribution in [0.5, 0.6) is 0 Å². The van der Waals surface area contributed by atoms with E-state index in [0.717, 1.165) is 35.6 Å². The van der Waals surface area contributed by atoms with Crippen LogP contribution in [-0.4, -0.2) is 40.2 Å². The predicted octanol–water partition coefficient (Wildman–Crippen LogP) is 5.69. The molecule has 3 heterocycles. The second-order valence-electron chi connectivity index (χ2n) is 9.32. The highest BCUT2D eigenvalue weighted by atomic mass is 35.5. The SMILES string of the molecule is Cn1c(=O)c(-c2ccc(Cl)cc2Cl)cc2c3cc(C(=O)CC(=O)COC4CCCCO4)ccc3n(C)c21. The molecule has 2 aromatic carbocycles. The first-order valence-electron chi connectivity index (χ1n) is 12.1. The van der Waals surface area contributed by atoms with Crippen molar-refractivity contribution in [2.45, 2.75) is 32.0 Å². The molecule has 0 aliphatic carbocycles. The molecule has 9 heteroatoms. The summed E-state index contributed by atoms with van der Waals surface area (Å²) in [7, 11) is 3.58. The Hall–Kier alpha value is -2.97. The van der Waals surface area contributed by atoms with E-state index in [0.29, 0.717) is 39.0 Å². The molecule has 0 amide bonds. The molecule has 4 aromatic rings. The van der Waals surface area contributed by atoms with E-state index >= 15 is 0 Å². The lowest BCUT2D eigenvalue weighted by atomic mass is 10.0. The Labute approximate surface area is 223 Å². The fraction of sp³-hybridized carbons (Fsp3) is 0.321. The molecule has 0 N–H and O–H groups in total. The molecule has 1 aliphatic heterocycles. The number of carbonyl (C=O) groups is 2. The van der Waals surface area contributed by atoms with E-state index in [2.05, 4.69) is 0 Å². The fourth-order valence-electron chi connectivity index (χ4n) is 4.93. The van der Waals surface area contributed by atoms with Crippen molar-refractivity contribution in [3.8, 4) is 11.1 Å². The number of nitrogens with zero attached hydrogens (tertiary/aromatic N) is 2. The summed E-state index contributed by atoms with van der Waals surface area (Å²) >= 11 is 12.5. The van der Waals surface area contributed by atoms with Crippen LogP contribution in [-0.2, 0) is 28.4 Å². The second kappa shape index (κ2) is 10.4. The van der Waals surface area contributed by atoms with Gasteiger partial charge in [-0.2, -0.15) is 0 Å². The number of hydrogen-bond donors (Lipinski definition) is 0. The van der Waals surface area contributed by atoms with E-state index in [1.165, 1.54) is 0 Å². The topological polar surface area (TPSA) is 79.5 Å². The number of Topliss-reactive ketones (excluding diaryl/α,β-unsaturated/α-hetero) is 2. The summed E-state index contributed by atoms with van der Waals surface area (Å²) in [6, 6.07) is 12.1. The average Bonchev–Trinajstić information content (AvgIpc) is 3.17. The van der Waals surface area contributed by atoms with Gasteiger partial charge in [-0.1, -0.05) is 29.3 Å². The summed E-state index contributed by atoms with van der Waals surface area (Å²) in [5, 5.41) is 2.44. The van der Waals surface area contributed by atoms with Crippen molar-refractivity contribution in [3.63, 3.8) is 0 Å². The molecule has 1 unspecified atom stereocenters. The number of pyridine rings is 1. The summed E-state index contributed by atoms with van der Waals surface area (Å²) in [5.74, 6) is -0.581. The molecule has 0 saturated carbocycles. The Morgan fingerprint density at radius 2 is 1.81 bits per heavy atom. The first-order chi connectivity index (χ1) is 17.7. The predicted molar refractivity (Wildman–Crippen MR) is 145 cm³/mol. The Bertz CT molecular complexity index is 1600. The van der Waals surface area contributed by atoms with Crippen LogP contribution in [0.3, 0.4) is 0 Å². The highest BCUT2D eigenvalue weighted by molar-refractivity contribution is 6.36. The molecule has 1 fully saturated rings. The van der Waals surface area contributed by atoms with Gasteiger partial charge in [0, 0.05) is 53.2 Å². The molecule has 0 spiro atoms. The number of ether oxygens (including phenoxy) is 2. The lowest BCUT2D eigenvalue weighted by Crippen LogP contribution is -2.25. The van der Waals surface area contributed by atoms with E-state index in [4.69, 9.17) is 32.7 Å². The van der Waals surface area contributed by atoms with Gasteiger partial charge in [0.2, 0.25) is 0 Å². The van der Waals surface area contributed by atoms with E-state index < -0.39 is 0 Å². The largest absolute Gasteiger partial charge is 0.353 e. The van der Waals surface area contributed by atoms with Gasteiger partial charge in [-0.15, -0.1) is 0 Å². The fourth-order valence-corrected chi connectivity index (χ4v) is 5.44. The zero-order chi connectivity index (χ0) is 26.3. The first-order valence-corrected chi connectivity index (χ1v) is 12.9. The third kappa shape index (κ3) is 4.97. The van der Waals surface area contributed by atoms with Crippen LogP contribution in [0.1, 0.15) is 36.0 Å². The molecular weight excluding hydrogens is 515 g/mol. The Morgan fingerprint density at radius 1 is 1.00 bits per heavy atom.